The first-order valence-electron chi connectivity index (χ1n) is 7.70. The molecule has 128 valence electrons. The van der Waals surface area contributed by atoms with Crippen molar-refractivity contribution in [1.82, 2.24) is 0 Å². The molecule has 0 N–H and O–H groups in total. The number of hydrogen-bond acceptors (Lipinski definition) is 4. The van der Waals surface area contributed by atoms with Crippen molar-refractivity contribution < 1.29 is 13.2 Å². The van der Waals surface area contributed by atoms with E-state index >= 15 is 0 Å². The molecule has 0 bridgehead atoms. The number of benzene rings is 2. The third-order valence-electron chi connectivity index (χ3n) is 3.60. The van der Waals surface area contributed by atoms with Crippen LogP contribution >= 0.6 is 11.8 Å². The summed E-state index contributed by atoms with van der Waals surface area (Å²) >= 11 is 1.74. The molecule has 0 spiro atoms. The lowest BCUT2D eigenvalue weighted by Crippen LogP contribution is -2.24. The average molecular weight is 363 g/mol. The molecular formula is C19H22O3S2. The molecule has 0 saturated heterocycles. The summed E-state index contributed by atoms with van der Waals surface area (Å²) in [5.41, 5.74) is -0.0149. The number of ether oxygens (including phenoxy) is 1. The highest BCUT2D eigenvalue weighted by atomic mass is 32.2. The molecule has 0 saturated carbocycles. The smallest absolute Gasteiger partial charge is 0.205 e. The Morgan fingerprint density at radius 3 is 2.25 bits per heavy atom. The molecule has 1 unspecified atom stereocenters. The maximum absolute atomic E-state index is 12.6. The number of hydrogen-bond donors (Lipinski definition) is 0. The van der Waals surface area contributed by atoms with Crippen molar-refractivity contribution in [1.29, 1.82) is 0 Å². The van der Waals surface area contributed by atoms with Gasteiger partial charge in [-0.15, -0.1) is 11.8 Å². The van der Waals surface area contributed by atoms with Crippen LogP contribution in [0.25, 0.3) is 0 Å². The molecule has 0 radical (unpaired) electrons. The summed E-state index contributed by atoms with van der Waals surface area (Å²) in [4.78, 5) is 1.48. The molecule has 2 aromatic rings. The lowest BCUT2D eigenvalue weighted by atomic mass is 10.2. The second-order valence-electron chi connectivity index (χ2n) is 5.39. The third-order valence-corrected chi connectivity index (χ3v) is 6.60. The highest BCUT2D eigenvalue weighted by Gasteiger charge is 2.27. The van der Waals surface area contributed by atoms with E-state index < -0.39 is 15.3 Å². The van der Waals surface area contributed by atoms with Gasteiger partial charge in [0.1, 0.15) is 0 Å². The molecule has 0 heterocycles. The Hall–Kier alpha value is -1.56. The van der Waals surface area contributed by atoms with E-state index in [1.165, 1.54) is 12.0 Å². The standard InChI is InChI=1S/C19H22O3S2/c1-16(13-14-23-17-9-5-3-6-10-17)15-19(22-2)24(20,21)18-11-7-4-8-12-18/h3-12,19H,1,13-15H2,2H3. The van der Waals surface area contributed by atoms with Crippen molar-refractivity contribution in [2.45, 2.75) is 28.1 Å². The van der Waals surface area contributed by atoms with Crippen LogP contribution in [0.1, 0.15) is 12.8 Å². The lowest BCUT2D eigenvalue weighted by Gasteiger charge is -2.17. The van der Waals surface area contributed by atoms with Crippen LogP contribution in [0.3, 0.4) is 0 Å². The minimum atomic E-state index is -3.51. The first-order valence-corrected chi connectivity index (χ1v) is 10.2. The van der Waals surface area contributed by atoms with Crippen LogP contribution in [-0.2, 0) is 14.6 Å². The van der Waals surface area contributed by atoms with Gasteiger partial charge >= 0.3 is 0 Å². The van der Waals surface area contributed by atoms with Gasteiger partial charge in [-0.2, -0.15) is 0 Å². The zero-order valence-corrected chi connectivity index (χ0v) is 15.4. The predicted molar refractivity (Wildman–Crippen MR) is 100.0 cm³/mol. The van der Waals surface area contributed by atoms with Gasteiger partial charge in [0.05, 0.1) is 4.90 Å². The molecule has 0 fully saturated rings. The molecule has 0 aliphatic carbocycles. The van der Waals surface area contributed by atoms with Crippen molar-refractivity contribution in [3.05, 3.63) is 72.8 Å². The van der Waals surface area contributed by atoms with Gasteiger partial charge in [-0.3, -0.25) is 0 Å². The molecule has 24 heavy (non-hydrogen) atoms. The number of thioether (sulfide) groups is 1. The Balaban J connectivity index is 1.91. The molecule has 5 heteroatoms. The van der Waals surface area contributed by atoms with E-state index in [9.17, 15) is 8.42 Å². The van der Waals surface area contributed by atoms with Crippen LogP contribution in [0.4, 0.5) is 0 Å². The molecule has 0 aliphatic heterocycles. The predicted octanol–water partition coefficient (Wildman–Crippen LogP) is 4.56. The first-order chi connectivity index (χ1) is 11.5. The van der Waals surface area contributed by atoms with Crippen molar-refractivity contribution >= 4 is 21.6 Å². The number of methoxy groups -OCH3 is 1. The summed E-state index contributed by atoms with van der Waals surface area (Å²) in [5, 5.41) is 0. The van der Waals surface area contributed by atoms with Crippen molar-refractivity contribution in [2.75, 3.05) is 12.9 Å². The van der Waals surface area contributed by atoms with E-state index in [-0.39, 0.29) is 4.90 Å². The van der Waals surface area contributed by atoms with Gasteiger partial charge in [0.15, 0.2) is 5.44 Å². The lowest BCUT2D eigenvalue weighted by molar-refractivity contribution is 0.163. The Labute approximate surface area is 148 Å². The molecule has 3 nitrogen and oxygen atoms in total. The van der Waals surface area contributed by atoms with Crippen LogP contribution in [0, 0.1) is 0 Å². The van der Waals surface area contributed by atoms with Gasteiger partial charge in [-0.25, -0.2) is 8.42 Å². The van der Waals surface area contributed by atoms with E-state index in [2.05, 4.69) is 18.7 Å². The quantitative estimate of drug-likeness (QED) is 0.484. The van der Waals surface area contributed by atoms with Crippen molar-refractivity contribution in [2.24, 2.45) is 0 Å². The zero-order valence-electron chi connectivity index (χ0n) is 13.7. The molecule has 2 aromatic carbocycles. The summed E-state index contributed by atoms with van der Waals surface area (Å²) in [6.45, 7) is 4.02. The Kier molecular flexibility index (Phi) is 7.09. The van der Waals surface area contributed by atoms with Gasteiger partial charge in [0, 0.05) is 24.2 Å². The largest absolute Gasteiger partial charge is 0.365 e. The molecule has 0 amide bonds. The fourth-order valence-corrected chi connectivity index (χ4v) is 4.77. The van der Waals surface area contributed by atoms with Gasteiger partial charge in [-0.05, 0) is 30.7 Å². The fraction of sp³-hybridized carbons (Fsp3) is 0.263. The summed E-state index contributed by atoms with van der Waals surface area (Å²) < 4.78 is 30.5. The minimum Gasteiger partial charge on any atom is -0.365 e. The maximum Gasteiger partial charge on any atom is 0.205 e. The van der Waals surface area contributed by atoms with Gasteiger partial charge in [0.2, 0.25) is 9.84 Å². The molecule has 0 aliphatic rings. The van der Waals surface area contributed by atoms with Crippen LogP contribution in [0.5, 0.6) is 0 Å². The van der Waals surface area contributed by atoms with Crippen molar-refractivity contribution in [3.8, 4) is 0 Å². The highest BCUT2D eigenvalue weighted by Crippen LogP contribution is 2.25. The zero-order chi connectivity index (χ0) is 17.4. The van der Waals surface area contributed by atoms with E-state index in [0.29, 0.717) is 6.42 Å². The van der Waals surface area contributed by atoms with Crippen molar-refractivity contribution in [3.63, 3.8) is 0 Å². The number of rotatable bonds is 9. The normalized spacial score (nSPS) is 12.7. The second kappa shape index (κ2) is 9.06. The van der Waals surface area contributed by atoms with E-state index in [1.54, 1.807) is 42.1 Å². The fourth-order valence-electron chi connectivity index (χ4n) is 2.25. The molecule has 0 aromatic heterocycles. The summed E-state index contributed by atoms with van der Waals surface area (Å²) in [6, 6.07) is 18.5. The Morgan fingerprint density at radius 1 is 1.08 bits per heavy atom. The van der Waals surface area contributed by atoms with Crippen LogP contribution < -0.4 is 0 Å². The summed E-state index contributed by atoms with van der Waals surface area (Å²) in [5.74, 6) is 0.866. The van der Waals surface area contributed by atoms with E-state index in [4.69, 9.17) is 4.74 Å². The van der Waals surface area contributed by atoms with Crippen LogP contribution in [-0.4, -0.2) is 26.7 Å². The third kappa shape index (κ3) is 5.23. The average Bonchev–Trinajstić information content (AvgIpc) is 2.61. The maximum atomic E-state index is 12.6. The SMILES string of the molecule is C=C(CCSc1ccccc1)CC(OC)S(=O)(=O)c1ccccc1. The van der Waals surface area contributed by atoms with Crippen LogP contribution in [0.15, 0.2) is 82.6 Å². The topological polar surface area (TPSA) is 43.4 Å². The minimum absolute atomic E-state index is 0.281. The number of sulfone groups is 1. The van der Waals surface area contributed by atoms with Gasteiger partial charge in [0.25, 0.3) is 0 Å². The first kappa shape index (κ1) is 18.8. The molecule has 1 atom stereocenters. The summed E-state index contributed by atoms with van der Waals surface area (Å²) in [6.07, 6.45) is 1.06. The van der Waals surface area contributed by atoms with Crippen LogP contribution in [0.2, 0.25) is 0 Å². The van der Waals surface area contributed by atoms with E-state index in [0.717, 1.165) is 17.7 Å². The monoisotopic (exact) mass is 362 g/mol. The Bertz CT molecular complexity index is 741. The Morgan fingerprint density at radius 2 is 1.67 bits per heavy atom. The second-order valence-corrected chi connectivity index (χ2v) is 8.64. The highest BCUT2D eigenvalue weighted by molar-refractivity contribution is 7.99. The molecular weight excluding hydrogens is 340 g/mol. The van der Waals surface area contributed by atoms with E-state index in [1.807, 2.05) is 18.2 Å². The van der Waals surface area contributed by atoms with Gasteiger partial charge < -0.3 is 4.74 Å². The molecule has 2 rings (SSSR count). The summed E-state index contributed by atoms with van der Waals surface area (Å²) in [7, 11) is -2.09. The van der Waals surface area contributed by atoms with Gasteiger partial charge in [-0.1, -0.05) is 48.6 Å².